The lowest BCUT2D eigenvalue weighted by molar-refractivity contribution is 0.0523. The Morgan fingerprint density at radius 3 is 2.48 bits per heavy atom. The summed E-state index contributed by atoms with van der Waals surface area (Å²) in [5, 5.41) is 2.80. The minimum Gasteiger partial charge on any atom is -0.444 e. The fourth-order valence-electron chi connectivity index (χ4n) is 5.35. The predicted molar refractivity (Wildman–Crippen MR) is 168 cm³/mol. The second-order valence-corrected chi connectivity index (χ2v) is 12.6. The van der Waals surface area contributed by atoms with Crippen LogP contribution in [0.25, 0.3) is 0 Å². The summed E-state index contributed by atoms with van der Waals surface area (Å²) >= 11 is 3.46. The monoisotopic (exact) mass is 636 g/mol. The molecule has 224 valence electrons. The fraction of sp³-hybridized carbons (Fsp3) is 0.455. The fourth-order valence-corrected chi connectivity index (χ4v) is 5.61. The van der Waals surface area contributed by atoms with Gasteiger partial charge in [-0.25, -0.2) is 9.78 Å². The highest BCUT2D eigenvalue weighted by Gasteiger charge is 2.31. The van der Waals surface area contributed by atoms with E-state index in [-0.39, 0.29) is 11.5 Å². The molecule has 2 aromatic carbocycles. The van der Waals surface area contributed by atoms with E-state index in [9.17, 15) is 14.4 Å². The zero-order chi connectivity index (χ0) is 30.3. The average Bonchev–Trinajstić information content (AvgIpc) is 2.96. The number of nitrogens with one attached hydrogen (secondary N) is 1. The molecule has 0 aliphatic carbocycles. The summed E-state index contributed by atoms with van der Waals surface area (Å²) in [6.07, 6.45) is 3.72. The molecule has 42 heavy (non-hydrogen) atoms. The number of carbonyl (C=O) groups is 2. The van der Waals surface area contributed by atoms with E-state index in [4.69, 9.17) is 9.72 Å². The molecule has 0 saturated heterocycles. The molecule has 1 atom stereocenters. The van der Waals surface area contributed by atoms with Gasteiger partial charge in [0.1, 0.15) is 11.4 Å². The van der Waals surface area contributed by atoms with E-state index < -0.39 is 17.7 Å². The number of nitrogens with zero attached hydrogens (tertiary/aromatic N) is 3. The molecule has 1 aromatic heterocycles. The molecule has 1 unspecified atom stereocenters. The molecule has 0 saturated carbocycles. The van der Waals surface area contributed by atoms with Crippen LogP contribution >= 0.6 is 15.9 Å². The van der Waals surface area contributed by atoms with E-state index in [1.54, 1.807) is 12.1 Å². The first-order valence-electron chi connectivity index (χ1n) is 14.8. The summed E-state index contributed by atoms with van der Waals surface area (Å²) in [5.74, 6) is 0.649. The van der Waals surface area contributed by atoms with Gasteiger partial charge in [-0.1, -0.05) is 53.2 Å². The van der Waals surface area contributed by atoms with Crippen molar-refractivity contribution in [1.29, 1.82) is 0 Å². The third-order valence-electron chi connectivity index (χ3n) is 7.30. The second kappa shape index (κ2) is 14.1. The Morgan fingerprint density at radius 1 is 1.10 bits per heavy atom. The van der Waals surface area contributed by atoms with Crippen LogP contribution in [0.15, 0.2) is 63.9 Å². The van der Waals surface area contributed by atoms with Crippen molar-refractivity contribution in [3.63, 3.8) is 0 Å². The number of aryl methyl sites for hydroxylation is 1. The number of halogens is 1. The molecule has 2 amide bonds. The molecule has 3 aromatic rings. The van der Waals surface area contributed by atoms with Crippen molar-refractivity contribution in [1.82, 2.24) is 19.8 Å². The van der Waals surface area contributed by atoms with Crippen molar-refractivity contribution in [2.75, 3.05) is 13.1 Å². The van der Waals surface area contributed by atoms with Crippen molar-refractivity contribution in [3.05, 3.63) is 97.6 Å². The molecule has 8 nitrogen and oxygen atoms in total. The third kappa shape index (κ3) is 8.09. The van der Waals surface area contributed by atoms with Crippen LogP contribution in [-0.4, -0.2) is 45.1 Å². The first-order valence-corrected chi connectivity index (χ1v) is 15.6. The van der Waals surface area contributed by atoms with Crippen LogP contribution in [0.5, 0.6) is 0 Å². The van der Waals surface area contributed by atoms with E-state index in [1.807, 2.05) is 79.6 Å². The number of fused-ring (bicyclic) bond motifs is 1. The number of hydrogen-bond donors (Lipinski definition) is 1. The molecule has 0 spiro atoms. The molecule has 9 heteroatoms. The number of alkyl carbamates (subject to hydrolysis) is 1. The molecule has 4 rings (SSSR count). The molecule has 1 aliphatic heterocycles. The highest BCUT2D eigenvalue weighted by molar-refractivity contribution is 9.10. The maximum Gasteiger partial charge on any atom is 0.407 e. The van der Waals surface area contributed by atoms with E-state index in [0.717, 1.165) is 35.1 Å². The van der Waals surface area contributed by atoms with Crippen LogP contribution in [0.1, 0.15) is 92.4 Å². The number of aromatic nitrogens is 2. The Hall–Kier alpha value is -3.46. The minimum absolute atomic E-state index is 0.0142. The van der Waals surface area contributed by atoms with Crippen LogP contribution in [0.3, 0.4) is 0 Å². The van der Waals surface area contributed by atoms with Crippen molar-refractivity contribution >= 4 is 27.9 Å². The largest absolute Gasteiger partial charge is 0.444 e. The molecule has 2 heterocycles. The third-order valence-corrected chi connectivity index (χ3v) is 7.83. The SMILES string of the molecule is CCC(c1nc2n(c(=O)c1Cc1ccccc1)CCCC2)N(CCCNC(=O)OC(C)(C)C)C(=O)c1ccc(Br)cc1. The lowest BCUT2D eigenvalue weighted by Crippen LogP contribution is -2.41. The van der Waals surface area contributed by atoms with Gasteiger partial charge in [-0.15, -0.1) is 0 Å². The quantitative estimate of drug-likeness (QED) is 0.258. The summed E-state index contributed by atoms with van der Waals surface area (Å²) in [7, 11) is 0. The molecule has 0 radical (unpaired) electrons. The van der Waals surface area contributed by atoms with Gasteiger partial charge in [0.15, 0.2) is 0 Å². The number of hydrogen-bond acceptors (Lipinski definition) is 5. The first-order chi connectivity index (χ1) is 20.1. The molecule has 1 aliphatic rings. The normalized spacial score (nSPS) is 13.6. The zero-order valence-corrected chi connectivity index (χ0v) is 26.6. The van der Waals surface area contributed by atoms with Gasteiger partial charge in [0.05, 0.1) is 11.7 Å². The Morgan fingerprint density at radius 2 is 1.81 bits per heavy atom. The second-order valence-electron chi connectivity index (χ2n) is 11.7. The Bertz CT molecular complexity index is 1430. The highest BCUT2D eigenvalue weighted by Crippen LogP contribution is 2.29. The lowest BCUT2D eigenvalue weighted by Gasteiger charge is -2.33. The summed E-state index contributed by atoms with van der Waals surface area (Å²) in [5.41, 5.74) is 2.28. The minimum atomic E-state index is -0.595. The number of carbonyl (C=O) groups excluding carboxylic acids is 2. The van der Waals surface area contributed by atoms with Gasteiger partial charge in [0.25, 0.3) is 11.5 Å². The Balaban J connectivity index is 1.71. The predicted octanol–water partition coefficient (Wildman–Crippen LogP) is 6.44. The van der Waals surface area contributed by atoms with Gasteiger partial charge in [-0.3, -0.25) is 14.2 Å². The van der Waals surface area contributed by atoms with Gasteiger partial charge >= 0.3 is 6.09 Å². The highest BCUT2D eigenvalue weighted by atomic mass is 79.9. The standard InChI is InChI=1S/C33H41BrN4O4/c1-5-27(29-26(22-23-12-7-6-8-13-23)31(40)38-20-10-9-14-28(38)36-29)37(30(39)24-15-17-25(34)18-16-24)21-11-19-35-32(41)42-33(2,3)4/h6-8,12-13,15-18,27H,5,9-11,14,19-22H2,1-4H3,(H,35,41). The van der Waals surface area contributed by atoms with Crippen molar-refractivity contribution in [2.45, 2.75) is 84.4 Å². The zero-order valence-electron chi connectivity index (χ0n) is 25.0. The first kappa shape index (κ1) is 31.5. The van der Waals surface area contributed by atoms with Gasteiger partial charge < -0.3 is 15.0 Å². The number of ether oxygens (including phenoxy) is 1. The summed E-state index contributed by atoms with van der Waals surface area (Å²) < 4.78 is 8.07. The number of amides is 2. The maximum atomic E-state index is 14.1. The van der Waals surface area contributed by atoms with Crippen LogP contribution in [0, 0.1) is 0 Å². The van der Waals surface area contributed by atoms with E-state index >= 15 is 0 Å². The van der Waals surface area contributed by atoms with Crippen LogP contribution in [0.4, 0.5) is 4.79 Å². The van der Waals surface area contributed by atoms with Crippen LogP contribution < -0.4 is 10.9 Å². The van der Waals surface area contributed by atoms with Crippen LogP contribution in [-0.2, 0) is 24.1 Å². The summed E-state index contributed by atoms with van der Waals surface area (Å²) in [4.78, 5) is 47.2. The van der Waals surface area contributed by atoms with Gasteiger partial charge in [0, 0.05) is 48.1 Å². The summed E-state index contributed by atoms with van der Waals surface area (Å²) in [6, 6.07) is 16.8. The lowest BCUT2D eigenvalue weighted by atomic mass is 9.96. The van der Waals surface area contributed by atoms with Crippen molar-refractivity contribution < 1.29 is 14.3 Å². The van der Waals surface area contributed by atoms with Crippen molar-refractivity contribution in [2.24, 2.45) is 0 Å². The molecule has 0 bridgehead atoms. The maximum absolute atomic E-state index is 14.1. The molecular weight excluding hydrogens is 596 g/mol. The Kier molecular flexibility index (Phi) is 10.6. The number of benzene rings is 2. The number of rotatable bonds is 10. The van der Waals surface area contributed by atoms with Gasteiger partial charge in [0.2, 0.25) is 0 Å². The van der Waals surface area contributed by atoms with E-state index in [2.05, 4.69) is 21.2 Å². The van der Waals surface area contributed by atoms with Gasteiger partial charge in [-0.05, 0) is 76.3 Å². The smallest absolute Gasteiger partial charge is 0.407 e. The van der Waals surface area contributed by atoms with Gasteiger partial charge in [-0.2, -0.15) is 0 Å². The molecular formula is C33H41BrN4O4. The van der Waals surface area contributed by atoms with E-state index in [1.165, 1.54) is 0 Å². The average molecular weight is 638 g/mol. The summed E-state index contributed by atoms with van der Waals surface area (Å²) in [6.45, 7) is 8.85. The topological polar surface area (TPSA) is 93.5 Å². The molecule has 1 N–H and O–H groups in total. The Labute approximate surface area is 256 Å². The van der Waals surface area contributed by atoms with E-state index in [0.29, 0.717) is 55.7 Å². The molecule has 0 fully saturated rings. The van der Waals surface area contributed by atoms with Crippen LogP contribution in [0.2, 0.25) is 0 Å². The van der Waals surface area contributed by atoms with Crippen molar-refractivity contribution in [3.8, 4) is 0 Å².